The van der Waals surface area contributed by atoms with Crippen LogP contribution >= 0.6 is 0 Å². The summed E-state index contributed by atoms with van der Waals surface area (Å²) >= 11 is 0. The molecule has 5 nitrogen and oxygen atoms in total. The van der Waals surface area contributed by atoms with E-state index in [0.717, 1.165) is 54.9 Å². The van der Waals surface area contributed by atoms with Gasteiger partial charge in [0.25, 0.3) is 0 Å². The molecule has 3 heterocycles. The van der Waals surface area contributed by atoms with Gasteiger partial charge in [0.2, 0.25) is 0 Å². The average molecular weight is 325 g/mol. The molecule has 0 N–H and O–H groups in total. The van der Waals surface area contributed by atoms with Gasteiger partial charge in [-0.05, 0) is 37.1 Å². The maximum atomic E-state index is 13.4. The van der Waals surface area contributed by atoms with Crippen molar-refractivity contribution in [1.82, 2.24) is 24.6 Å². The van der Waals surface area contributed by atoms with Gasteiger partial charge in [0, 0.05) is 38.4 Å². The number of halogens is 1. The zero-order chi connectivity index (χ0) is 16.5. The fourth-order valence-corrected chi connectivity index (χ4v) is 3.60. The van der Waals surface area contributed by atoms with Crippen LogP contribution in [0.5, 0.6) is 0 Å². The maximum absolute atomic E-state index is 13.4. The monoisotopic (exact) mass is 325 g/mol. The standard InChI is InChI=1S/C18H20FN5/c1-23-18-17(20-7-8-21-18)16(22-23)14-5-3-9-24(12-14)11-13-4-2-6-15(19)10-13/h2,4,6-8,10,14H,3,5,9,11-12H2,1H3/t14-/m1/s1. The lowest BCUT2D eigenvalue weighted by Crippen LogP contribution is -2.34. The van der Waals surface area contributed by atoms with Crippen LogP contribution in [0.25, 0.3) is 11.2 Å². The molecule has 1 aromatic carbocycles. The van der Waals surface area contributed by atoms with Crippen molar-refractivity contribution in [2.24, 2.45) is 7.05 Å². The van der Waals surface area contributed by atoms with Crippen molar-refractivity contribution in [2.45, 2.75) is 25.3 Å². The summed E-state index contributed by atoms with van der Waals surface area (Å²) < 4.78 is 15.2. The van der Waals surface area contributed by atoms with Crippen molar-refractivity contribution in [3.05, 3.63) is 53.7 Å². The summed E-state index contributed by atoms with van der Waals surface area (Å²) in [6, 6.07) is 6.86. The van der Waals surface area contributed by atoms with E-state index in [9.17, 15) is 4.39 Å². The molecule has 2 aromatic heterocycles. The van der Waals surface area contributed by atoms with E-state index in [1.807, 2.05) is 17.8 Å². The summed E-state index contributed by atoms with van der Waals surface area (Å²) in [5, 5.41) is 4.67. The Bertz CT molecular complexity index is 859. The van der Waals surface area contributed by atoms with Gasteiger partial charge in [-0.2, -0.15) is 5.10 Å². The number of hydrogen-bond donors (Lipinski definition) is 0. The molecule has 4 rings (SSSR count). The Morgan fingerprint density at radius 1 is 1.25 bits per heavy atom. The number of fused-ring (bicyclic) bond motifs is 1. The van der Waals surface area contributed by atoms with Gasteiger partial charge in [0.15, 0.2) is 5.65 Å². The van der Waals surface area contributed by atoms with Gasteiger partial charge in [-0.25, -0.2) is 19.0 Å². The molecule has 1 fully saturated rings. The van der Waals surface area contributed by atoms with Crippen LogP contribution < -0.4 is 0 Å². The first kappa shape index (κ1) is 15.2. The van der Waals surface area contributed by atoms with Crippen LogP contribution in [0.1, 0.15) is 30.0 Å². The predicted molar refractivity (Wildman–Crippen MR) is 90.0 cm³/mol. The van der Waals surface area contributed by atoms with Crippen molar-refractivity contribution in [2.75, 3.05) is 13.1 Å². The SMILES string of the molecule is Cn1nc([C@@H]2CCCN(Cc3cccc(F)c3)C2)c2nccnc21. The Labute approximate surface area is 140 Å². The Morgan fingerprint density at radius 2 is 2.12 bits per heavy atom. The van der Waals surface area contributed by atoms with Crippen LogP contribution in [0.15, 0.2) is 36.7 Å². The number of hydrogen-bond acceptors (Lipinski definition) is 4. The maximum Gasteiger partial charge on any atom is 0.176 e. The molecule has 6 heteroatoms. The molecule has 0 radical (unpaired) electrons. The number of likely N-dealkylation sites (tertiary alicyclic amines) is 1. The third kappa shape index (κ3) is 2.89. The van der Waals surface area contributed by atoms with Crippen LogP contribution in [-0.4, -0.2) is 37.7 Å². The highest BCUT2D eigenvalue weighted by Gasteiger charge is 2.26. The van der Waals surface area contributed by atoms with E-state index in [-0.39, 0.29) is 5.82 Å². The minimum absolute atomic E-state index is 0.174. The van der Waals surface area contributed by atoms with Crippen LogP contribution in [0.3, 0.4) is 0 Å². The smallest absolute Gasteiger partial charge is 0.176 e. The van der Waals surface area contributed by atoms with Crippen LogP contribution in [0.4, 0.5) is 4.39 Å². The normalized spacial score (nSPS) is 19.0. The third-order valence-corrected chi connectivity index (χ3v) is 4.67. The van der Waals surface area contributed by atoms with Gasteiger partial charge >= 0.3 is 0 Å². The largest absolute Gasteiger partial charge is 0.298 e. The third-order valence-electron chi connectivity index (χ3n) is 4.67. The number of benzene rings is 1. The van der Waals surface area contributed by atoms with E-state index in [2.05, 4.69) is 20.0 Å². The molecule has 1 atom stereocenters. The van der Waals surface area contributed by atoms with Crippen LogP contribution in [0.2, 0.25) is 0 Å². The summed E-state index contributed by atoms with van der Waals surface area (Å²) in [5.41, 5.74) is 3.78. The highest BCUT2D eigenvalue weighted by molar-refractivity contribution is 5.73. The topological polar surface area (TPSA) is 46.8 Å². The van der Waals surface area contributed by atoms with Crippen molar-refractivity contribution >= 4 is 11.2 Å². The Kier molecular flexibility index (Phi) is 3.98. The van der Waals surface area contributed by atoms with E-state index in [0.29, 0.717) is 5.92 Å². The van der Waals surface area contributed by atoms with Gasteiger partial charge in [0.05, 0.1) is 5.69 Å². The van der Waals surface area contributed by atoms with Gasteiger partial charge in [-0.15, -0.1) is 0 Å². The van der Waals surface area contributed by atoms with Crippen molar-refractivity contribution in [3.8, 4) is 0 Å². The fraction of sp³-hybridized carbons (Fsp3) is 0.389. The number of rotatable bonds is 3. The van der Waals surface area contributed by atoms with E-state index in [1.54, 1.807) is 24.5 Å². The van der Waals surface area contributed by atoms with Gasteiger partial charge < -0.3 is 0 Å². The first-order valence-corrected chi connectivity index (χ1v) is 8.31. The molecule has 3 aromatic rings. The average Bonchev–Trinajstić information content (AvgIpc) is 2.93. The minimum Gasteiger partial charge on any atom is -0.298 e. The van der Waals surface area contributed by atoms with Crippen molar-refractivity contribution in [3.63, 3.8) is 0 Å². The Balaban J connectivity index is 1.56. The zero-order valence-electron chi connectivity index (χ0n) is 13.7. The van der Waals surface area contributed by atoms with Gasteiger partial charge in [-0.1, -0.05) is 12.1 Å². The molecule has 1 saturated heterocycles. The van der Waals surface area contributed by atoms with E-state index in [1.165, 1.54) is 6.07 Å². The minimum atomic E-state index is -0.174. The van der Waals surface area contributed by atoms with Crippen LogP contribution in [-0.2, 0) is 13.6 Å². The molecule has 0 spiro atoms. The summed E-state index contributed by atoms with van der Waals surface area (Å²) in [4.78, 5) is 11.2. The quantitative estimate of drug-likeness (QED) is 0.743. The number of piperidine rings is 1. The lowest BCUT2D eigenvalue weighted by molar-refractivity contribution is 0.198. The lowest BCUT2D eigenvalue weighted by atomic mass is 9.94. The van der Waals surface area contributed by atoms with E-state index >= 15 is 0 Å². The molecule has 0 bridgehead atoms. The second-order valence-electron chi connectivity index (χ2n) is 6.44. The molecule has 124 valence electrons. The number of aromatic nitrogens is 4. The Hall–Kier alpha value is -2.34. The molecule has 0 saturated carbocycles. The van der Waals surface area contributed by atoms with Crippen LogP contribution in [0, 0.1) is 5.82 Å². The second kappa shape index (κ2) is 6.28. The first-order valence-electron chi connectivity index (χ1n) is 8.31. The predicted octanol–water partition coefficient (Wildman–Crippen LogP) is 2.88. The molecule has 0 unspecified atom stereocenters. The molecular formula is C18H20FN5. The number of nitrogens with zero attached hydrogens (tertiary/aromatic N) is 5. The molecule has 0 amide bonds. The summed E-state index contributed by atoms with van der Waals surface area (Å²) in [6.07, 6.45) is 5.63. The van der Waals surface area contributed by atoms with E-state index in [4.69, 9.17) is 0 Å². The molecule has 0 aliphatic carbocycles. The molecule has 1 aliphatic rings. The number of aryl methyl sites for hydroxylation is 1. The highest BCUT2D eigenvalue weighted by Crippen LogP contribution is 2.30. The molecule has 1 aliphatic heterocycles. The fourth-order valence-electron chi connectivity index (χ4n) is 3.60. The highest BCUT2D eigenvalue weighted by atomic mass is 19.1. The summed E-state index contributed by atoms with van der Waals surface area (Å²) in [7, 11) is 1.91. The lowest BCUT2D eigenvalue weighted by Gasteiger charge is -2.32. The Morgan fingerprint density at radius 3 is 3.00 bits per heavy atom. The van der Waals surface area contributed by atoms with E-state index < -0.39 is 0 Å². The summed E-state index contributed by atoms with van der Waals surface area (Å²) in [6.45, 7) is 2.72. The first-order chi connectivity index (χ1) is 11.7. The zero-order valence-corrected chi connectivity index (χ0v) is 13.7. The molecule has 24 heavy (non-hydrogen) atoms. The second-order valence-corrected chi connectivity index (χ2v) is 6.44. The molecular weight excluding hydrogens is 305 g/mol. The van der Waals surface area contributed by atoms with Gasteiger partial charge in [-0.3, -0.25) is 4.90 Å². The van der Waals surface area contributed by atoms with Crippen molar-refractivity contribution in [1.29, 1.82) is 0 Å². The summed E-state index contributed by atoms with van der Waals surface area (Å²) in [5.74, 6) is 0.166. The van der Waals surface area contributed by atoms with Gasteiger partial charge in [0.1, 0.15) is 11.3 Å². The van der Waals surface area contributed by atoms with Crippen molar-refractivity contribution < 1.29 is 4.39 Å².